The van der Waals surface area contributed by atoms with Gasteiger partial charge in [0.25, 0.3) is 0 Å². The van der Waals surface area contributed by atoms with E-state index in [1.807, 2.05) is 0 Å². The summed E-state index contributed by atoms with van der Waals surface area (Å²) in [5, 5.41) is 9.85. The summed E-state index contributed by atoms with van der Waals surface area (Å²) < 4.78 is 10.3. The molecule has 7 heteroatoms. The van der Waals surface area contributed by atoms with Crippen molar-refractivity contribution in [2.45, 2.75) is 11.8 Å². The third-order valence-electron chi connectivity index (χ3n) is 3.29. The summed E-state index contributed by atoms with van der Waals surface area (Å²) in [7, 11) is 2.97. The largest absolute Gasteiger partial charge is 0.502 e. The molecule has 0 bridgehead atoms. The predicted molar refractivity (Wildman–Crippen MR) is 83.5 cm³/mol. The van der Waals surface area contributed by atoms with Gasteiger partial charge in [0.1, 0.15) is 5.37 Å². The number of phenols is 1. The van der Waals surface area contributed by atoms with Crippen molar-refractivity contribution in [2.24, 2.45) is 0 Å². The van der Waals surface area contributed by atoms with Crippen molar-refractivity contribution >= 4 is 29.3 Å². The molecule has 1 aromatic carbocycles. The minimum Gasteiger partial charge on any atom is -0.502 e. The number of amides is 1. The SMILES string of the molecule is COc1cc(C2SCC(=O)N2CCCCl)cc(OC)c1O. The van der Waals surface area contributed by atoms with E-state index in [2.05, 4.69) is 0 Å². The highest BCUT2D eigenvalue weighted by molar-refractivity contribution is 8.00. The quantitative estimate of drug-likeness (QED) is 0.812. The second kappa shape index (κ2) is 7.13. The lowest BCUT2D eigenvalue weighted by Crippen LogP contribution is -2.29. The summed E-state index contributed by atoms with van der Waals surface area (Å²) in [6, 6.07) is 3.48. The number of alkyl halides is 1. The first kappa shape index (κ1) is 16.1. The molecule has 0 radical (unpaired) electrons. The van der Waals surface area contributed by atoms with E-state index in [4.69, 9.17) is 21.1 Å². The first-order valence-electron chi connectivity index (χ1n) is 6.54. The number of halogens is 1. The molecule has 1 fully saturated rings. The maximum Gasteiger partial charge on any atom is 0.233 e. The fourth-order valence-corrected chi connectivity index (χ4v) is 3.58. The molecule has 0 aliphatic carbocycles. The standard InChI is InChI=1S/C14H18ClNO4S/c1-19-10-6-9(7-11(20-2)13(10)18)14-16(5-3-4-15)12(17)8-21-14/h6-7,14,18H,3-5,8H2,1-2H3. The van der Waals surface area contributed by atoms with Crippen LogP contribution in [-0.2, 0) is 4.79 Å². The lowest BCUT2D eigenvalue weighted by Gasteiger charge is -2.24. The highest BCUT2D eigenvalue weighted by Gasteiger charge is 2.33. The molecule has 1 saturated heterocycles. The number of carbonyl (C=O) groups is 1. The number of rotatable bonds is 6. The number of hydrogen-bond donors (Lipinski definition) is 1. The van der Waals surface area contributed by atoms with Crippen molar-refractivity contribution < 1.29 is 19.4 Å². The van der Waals surface area contributed by atoms with Gasteiger partial charge >= 0.3 is 0 Å². The third-order valence-corrected chi connectivity index (χ3v) is 4.81. The molecule has 116 valence electrons. The van der Waals surface area contributed by atoms with Crippen molar-refractivity contribution in [3.05, 3.63) is 17.7 Å². The molecule has 1 atom stereocenters. The summed E-state index contributed by atoms with van der Waals surface area (Å²) in [6.45, 7) is 0.617. The lowest BCUT2D eigenvalue weighted by molar-refractivity contribution is -0.128. The molecule has 1 aliphatic heterocycles. The Morgan fingerprint density at radius 1 is 1.38 bits per heavy atom. The molecular formula is C14H18ClNO4S. The summed E-state index contributed by atoms with van der Waals surface area (Å²) >= 11 is 7.27. The highest BCUT2D eigenvalue weighted by atomic mass is 35.5. The van der Waals surface area contributed by atoms with E-state index in [9.17, 15) is 9.90 Å². The normalized spacial score (nSPS) is 18.1. The second-order valence-corrected chi connectivity index (χ2v) is 6.01. The number of thioether (sulfide) groups is 1. The van der Waals surface area contributed by atoms with Crippen LogP contribution in [0.1, 0.15) is 17.4 Å². The molecule has 21 heavy (non-hydrogen) atoms. The summed E-state index contributed by atoms with van der Waals surface area (Å²) in [4.78, 5) is 13.8. The number of methoxy groups -OCH3 is 2. The van der Waals surface area contributed by atoms with Crippen LogP contribution < -0.4 is 9.47 Å². The summed E-state index contributed by atoms with van der Waals surface area (Å²) in [5.74, 6) is 1.69. The van der Waals surface area contributed by atoms with Gasteiger partial charge in [-0.05, 0) is 24.1 Å². The number of benzene rings is 1. The van der Waals surface area contributed by atoms with E-state index in [0.29, 0.717) is 29.7 Å². The zero-order chi connectivity index (χ0) is 15.4. The molecule has 5 nitrogen and oxygen atoms in total. The van der Waals surface area contributed by atoms with Crippen LogP contribution in [0.5, 0.6) is 17.2 Å². The average Bonchev–Trinajstić information content (AvgIpc) is 2.86. The number of phenolic OH excluding ortho intramolecular Hbond substituents is 1. The van der Waals surface area contributed by atoms with Crippen molar-refractivity contribution in [3.8, 4) is 17.2 Å². The van der Waals surface area contributed by atoms with Gasteiger partial charge in [-0.1, -0.05) is 0 Å². The van der Waals surface area contributed by atoms with Crippen LogP contribution >= 0.6 is 23.4 Å². The average molecular weight is 332 g/mol. The molecule has 2 rings (SSSR count). The van der Waals surface area contributed by atoms with Crippen LogP contribution in [0.2, 0.25) is 0 Å². The Hall–Kier alpha value is -1.27. The number of hydrogen-bond acceptors (Lipinski definition) is 5. The van der Waals surface area contributed by atoms with Crippen LogP contribution in [0.25, 0.3) is 0 Å². The minimum atomic E-state index is -0.107. The van der Waals surface area contributed by atoms with Crippen molar-refractivity contribution in [1.82, 2.24) is 4.90 Å². The smallest absolute Gasteiger partial charge is 0.233 e. The Balaban J connectivity index is 2.33. The van der Waals surface area contributed by atoms with Gasteiger partial charge in [-0.3, -0.25) is 4.79 Å². The number of ether oxygens (including phenoxy) is 2. The molecule has 1 aromatic rings. The molecule has 1 heterocycles. The van der Waals surface area contributed by atoms with E-state index < -0.39 is 0 Å². The van der Waals surface area contributed by atoms with Crippen LogP contribution in [0, 0.1) is 0 Å². The van der Waals surface area contributed by atoms with Gasteiger partial charge in [0.2, 0.25) is 11.7 Å². The van der Waals surface area contributed by atoms with Crippen LogP contribution in [0.4, 0.5) is 0 Å². The van der Waals surface area contributed by atoms with E-state index >= 15 is 0 Å². The predicted octanol–water partition coefficient (Wildman–Crippen LogP) is 2.61. The zero-order valence-corrected chi connectivity index (χ0v) is 13.5. The third kappa shape index (κ3) is 3.32. The Kier molecular flexibility index (Phi) is 5.47. The van der Waals surface area contributed by atoms with Gasteiger partial charge < -0.3 is 19.5 Å². The fraction of sp³-hybridized carbons (Fsp3) is 0.500. The summed E-state index contributed by atoms with van der Waals surface area (Å²) in [5.41, 5.74) is 0.868. The van der Waals surface area contributed by atoms with Gasteiger partial charge in [0.05, 0.1) is 20.0 Å². The van der Waals surface area contributed by atoms with Gasteiger partial charge in [0.15, 0.2) is 11.5 Å². The Labute approximate surface area is 133 Å². The molecule has 1 amide bonds. The first-order valence-corrected chi connectivity index (χ1v) is 8.12. The molecule has 0 aromatic heterocycles. The molecule has 1 aliphatic rings. The van der Waals surface area contributed by atoms with E-state index in [1.165, 1.54) is 14.2 Å². The zero-order valence-electron chi connectivity index (χ0n) is 12.0. The van der Waals surface area contributed by atoms with Crippen LogP contribution in [0.3, 0.4) is 0 Å². The maximum atomic E-state index is 12.0. The Bertz CT molecular complexity index is 501. The second-order valence-electron chi connectivity index (χ2n) is 4.57. The van der Waals surface area contributed by atoms with E-state index in [-0.39, 0.29) is 17.0 Å². The van der Waals surface area contributed by atoms with E-state index in [0.717, 1.165) is 12.0 Å². The molecule has 0 spiro atoms. The number of aromatic hydroxyl groups is 1. The van der Waals surface area contributed by atoms with Crippen molar-refractivity contribution in [3.63, 3.8) is 0 Å². The van der Waals surface area contributed by atoms with Crippen molar-refractivity contribution in [1.29, 1.82) is 0 Å². The monoisotopic (exact) mass is 331 g/mol. The van der Waals surface area contributed by atoms with Crippen LogP contribution in [-0.4, -0.2) is 48.3 Å². The number of carbonyl (C=O) groups excluding carboxylic acids is 1. The Morgan fingerprint density at radius 2 is 2.00 bits per heavy atom. The van der Waals surface area contributed by atoms with Gasteiger partial charge in [0, 0.05) is 12.4 Å². The Morgan fingerprint density at radius 3 is 2.52 bits per heavy atom. The molecule has 0 saturated carbocycles. The van der Waals surface area contributed by atoms with Gasteiger partial charge in [-0.15, -0.1) is 23.4 Å². The topological polar surface area (TPSA) is 59.0 Å². The highest BCUT2D eigenvalue weighted by Crippen LogP contribution is 2.45. The van der Waals surface area contributed by atoms with E-state index in [1.54, 1.807) is 28.8 Å². The number of nitrogens with zero attached hydrogens (tertiary/aromatic N) is 1. The van der Waals surface area contributed by atoms with Crippen LogP contribution in [0.15, 0.2) is 12.1 Å². The molecule has 1 N–H and O–H groups in total. The van der Waals surface area contributed by atoms with Gasteiger partial charge in [-0.2, -0.15) is 0 Å². The fourth-order valence-electron chi connectivity index (χ4n) is 2.26. The molecule has 1 unspecified atom stereocenters. The van der Waals surface area contributed by atoms with Gasteiger partial charge in [-0.25, -0.2) is 0 Å². The summed E-state index contributed by atoms with van der Waals surface area (Å²) in [6.07, 6.45) is 0.747. The minimum absolute atomic E-state index is 0.0367. The van der Waals surface area contributed by atoms with Crippen molar-refractivity contribution in [2.75, 3.05) is 32.4 Å². The lowest BCUT2D eigenvalue weighted by atomic mass is 10.1. The maximum absolute atomic E-state index is 12.0. The molecular weight excluding hydrogens is 314 g/mol. The first-order chi connectivity index (χ1) is 10.1.